The summed E-state index contributed by atoms with van der Waals surface area (Å²) < 4.78 is 0. The minimum atomic E-state index is -0.413. The van der Waals surface area contributed by atoms with Crippen molar-refractivity contribution in [3.05, 3.63) is 24.3 Å². The Kier molecular flexibility index (Phi) is 4.85. The van der Waals surface area contributed by atoms with E-state index in [2.05, 4.69) is 9.97 Å². The molecule has 4 rings (SSSR count). The maximum absolute atomic E-state index is 13.4. The van der Waals surface area contributed by atoms with Crippen molar-refractivity contribution in [2.75, 3.05) is 19.6 Å². The molecule has 2 unspecified atom stereocenters. The molecule has 0 bridgehead atoms. The van der Waals surface area contributed by atoms with Crippen molar-refractivity contribution in [2.45, 2.75) is 52.5 Å². The van der Waals surface area contributed by atoms with Crippen molar-refractivity contribution in [1.82, 2.24) is 24.8 Å². The van der Waals surface area contributed by atoms with Crippen LogP contribution in [-0.2, 0) is 9.59 Å². The molecule has 2 aromatic heterocycles. The van der Waals surface area contributed by atoms with Gasteiger partial charge in [0, 0.05) is 31.2 Å². The summed E-state index contributed by atoms with van der Waals surface area (Å²) in [4.78, 5) is 42.0. The summed E-state index contributed by atoms with van der Waals surface area (Å²) >= 11 is 0. The average molecular weight is 383 g/mol. The van der Waals surface area contributed by atoms with E-state index in [1.54, 1.807) is 12.4 Å². The van der Waals surface area contributed by atoms with Crippen LogP contribution >= 0.6 is 0 Å². The quantitative estimate of drug-likeness (QED) is 0.864. The van der Waals surface area contributed by atoms with Gasteiger partial charge in [-0.25, -0.2) is 4.98 Å². The van der Waals surface area contributed by atoms with Crippen LogP contribution < -0.4 is 0 Å². The molecule has 4 heterocycles. The lowest BCUT2D eigenvalue weighted by molar-refractivity contribution is -0.145. The van der Waals surface area contributed by atoms with Crippen LogP contribution in [0.5, 0.6) is 0 Å². The van der Waals surface area contributed by atoms with Gasteiger partial charge >= 0.3 is 0 Å². The topological polar surface area (TPSA) is 82.2 Å². The maximum Gasteiger partial charge on any atom is 0.228 e. The first-order valence-electron chi connectivity index (χ1n) is 10.2. The number of nitrogens with one attached hydrogen (secondary N) is 1. The molecular formula is C21H29N5O2. The number of imidazole rings is 1. The number of carbonyl (C=O) groups is 2. The van der Waals surface area contributed by atoms with Crippen LogP contribution in [0, 0.1) is 11.3 Å². The van der Waals surface area contributed by atoms with Gasteiger partial charge in [-0.3, -0.25) is 14.6 Å². The van der Waals surface area contributed by atoms with Crippen LogP contribution in [0.25, 0.3) is 11.0 Å². The lowest BCUT2D eigenvalue weighted by Crippen LogP contribution is -2.49. The maximum atomic E-state index is 13.4. The normalized spacial score (nSPS) is 23.4. The number of hydrogen-bond donors (Lipinski definition) is 1. The summed E-state index contributed by atoms with van der Waals surface area (Å²) in [5, 5.41) is 0. The highest BCUT2D eigenvalue weighted by Crippen LogP contribution is 2.34. The smallest absolute Gasteiger partial charge is 0.228 e. The van der Waals surface area contributed by atoms with E-state index in [9.17, 15) is 9.59 Å². The van der Waals surface area contributed by atoms with Crippen molar-refractivity contribution in [2.24, 2.45) is 11.3 Å². The number of carbonyl (C=O) groups excluding carboxylic acids is 2. The molecule has 0 radical (unpaired) electrons. The standard InChI is InChI=1S/C21H29N5O2/c1-21(2,3)20(28)25-10-4-6-14(13-25)19(27)26-11-5-7-17(26)18-23-15-8-9-22-12-16(15)24-18/h8-9,12,14,17H,4-7,10-11,13H2,1-3H3,(H,23,24). The Morgan fingerprint density at radius 3 is 2.71 bits per heavy atom. The minimum absolute atomic E-state index is 0.0198. The van der Waals surface area contributed by atoms with Crippen molar-refractivity contribution in [3.8, 4) is 0 Å². The molecule has 2 aliphatic heterocycles. The number of likely N-dealkylation sites (tertiary alicyclic amines) is 2. The molecule has 2 aliphatic rings. The molecule has 0 spiro atoms. The first kappa shape index (κ1) is 18.9. The van der Waals surface area contributed by atoms with E-state index in [-0.39, 0.29) is 23.8 Å². The lowest BCUT2D eigenvalue weighted by Gasteiger charge is -2.37. The molecule has 0 aromatic carbocycles. The fourth-order valence-electron chi connectivity index (χ4n) is 4.42. The first-order valence-corrected chi connectivity index (χ1v) is 10.2. The molecule has 2 amide bonds. The van der Waals surface area contributed by atoms with E-state index in [0.717, 1.165) is 55.6 Å². The van der Waals surface area contributed by atoms with E-state index in [1.165, 1.54) is 0 Å². The van der Waals surface area contributed by atoms with Gasteiger partial charge in [-0.15, -0.1) is 0 Å². The fraction of sp³-hybridized carbons (Fsp3) is 0.619. The molecule has 2 fully saturated rings. The lowest BCUT2D eigenvalue weighted by atomic mass is 9.90. The highest BCUT2D eigenvalue weighted by atomic mass is 16.2. The van der Waals surface area contributed by atoms with Gasteiger partial charge in [0.2, 0.25) is 11.8 Å². The Bertz CT molecular complexity index is 851. The number of pyridine rings is 1. The largest absolute Gasteiger partial charge is 0.341 e. The first-order chi connectivity index (χ1) is 13.3. The van der Waals surface area contributed by atoms with E-state index >= 15 is 0 Å². The van der Waals surface area contributed by atoms with Crippen LogP contribution in [0.3, 0.4) is 0 Å². The van der Waals surface area contributed by atoms with Crippen molar-refractivity contribution in [3.63, 3.8) is 0 Å². The zero-order valence-corrected chi connectivity index (χ0v) is 16.9. The summed E-state index contributed by atoms with van der Waals surface area (Å²) in [6, 6.07) is 1.86. The highest BCUT2D eigenvalue weighted by Gasteiger charge is 2.39. The third kappa shape index (κ3) is 3.50. The number of rotatable bonds is 2. The van der Waals surface area contributed by atoms with E-state index in [4.69, 9.17) is 4.98 Å². The molecule has 7 heteroatoms. The minimum Gasteiger partial charge on any atom is -0.341 e. The average Bonchev–Trinajstić information content (AvgIpc) is 3.32. The predicted octanol–water partition coefficient (Wildman–Crippen LogP) is 2.91. The van der Waals surface area contributed by atoms with Crippen LogP contribution in [0.15, 0.2) is 18.5 Å². The second-order valence-corrected chi connectivity index (χ2v) is 9.04. The number of hydrogen-bond acceptors (Lipinski definition) is 4. The summed E-state index contributed by atoms with van der Waals surface area (Å²) in [7, 11) is 0. The monoisotopic (exact) mass is 383 g/mol. The summed E-state index contributed by atoms with van der Waals surface area (Å²) in [6.07, 6.45) is 7.11. The van der Waals surface area contributed by atoms with Crippen LogP contribution in [0.4, 0.5) is 0 Å². The second kappa shape index (κ2) is 7.18. The van der Waals surface area contributed by atoms with E-state index in [1.807, 2.05) is 36.6 Å². The molecule has 2 atom stereocenters. The van der Waals surface area contributed by atoms with Gasteiger partial charge in [0.1, 0.15) is 5.82 Å². The Labute approximate surface area is 165 Å². The number of piperidine rings is 1. The van der Waals surface area contributed by atoms with E-state index < -0.39 is 5.41 Å². The predicted molar refractivity (Wildman–Crippen MR) is 106 cm³/mol. The SMILES string of the molecule is CC(C)(C)C(=O)N1CCCC(C(=O)N2CCCC2c2nc3ccncc3[nH]2)C1. The molecule has 150 valence electrons. The van der Waals surface area contributed by atoms with Crippen molar-refractivity contribution >= 4 is 22.8 Å². The van der Waals surface area contributed by atoms with Gasteiger partial charge in [0.15, 0.2) is 0 Å². The Morgan fingerprint density at radius 1 is 1.18 bits per heavy atom. The van der Waals surface area contributed by atoms with Gasteiger partial charge in [0.25, 0.3) is 0 Å². The molecular weight excluding hydrogens is 354 g/mol. The molecule has 28 heavy (non-hydrogen) atoms. The van der Waals surface area contributed by atoms with Crippen LogP contribution in [0.1, 0.15) is 58.3 Å². The molecule has 2 saturated heterocycles. The number of amides is 2. The fourth-order valence-corrected chi connectivity index (χ4v) is 4.42. The summed E-state index contributed by atoms with van der Waals surface area (Å²) in [6.45, 7) is 7.85. The van der Waals surface area contributed by atoms with Gasteiger partial charge in [-0.2, -0.15) is 0 Å². The third-order valence-electron chi connectivity index (χ3n) is 5.85. The number of aromatic amines is 1. The number of nitrogens with zero attached hydrogens (tertiary/aromatic N) is 4. The van der Waals surface area contributed by atoms with Gasteiger partial charge in [-0.05, 0) is 31.7 Å². The zero-order chi connectivity index (χ0) is 19.9. The van der Waals surface area contributed by atoms with Gasteiger partial charge in [-0.1, -0.05) is 20.8 Å². The Hall–Kier alpha value is -2.44. The molecule has 0 saturated carbocycles. The van der Waals surface area contributed by atoms with Crippen LogP contribution in [-0.4, -0.2) is 56.2 Å². The summed E-state index contributed by atoms with van der Waals surface area (Å²) in [5.41, 5.74) is 1.36. The molecule has 2 aromatic rings. The Balaban J connectivity index is 1.51. The highest BCUT2D eigenvalue weighted by molar-refractivity contribution is 5.84. The number of H-pyrrole nitrogens is 1. The molecule has 1 N–H and O–H groups in total. The molecule has 7 nitrogen and oxygen atoms in total. The molecule has 0 aliphatic carbocycles. The van der Waals surface area contributed by atoms with Crippen molar-refractivity contribution < 1.29 is 9.59 Å². The third-order valence-corrected chi connectivity index (χ3v) is 5.85. The second-order valence-electron chi connectivity index (χ2n) is 9.04. The van der Waals surface area contributed by atoms with Gasteiger partial charge < -0.3 is 14.8 Å². The summed E-state index contributed by atoms with van der Waals surface area (Å²) in [5.74, 6) is 1.01. The Morgan fingerprint density at radius 2 is 1.96 bits per heavy atom. The number of fused-ring (bicyclic) bond motifs is 1. The zero-order valence-electron chi connectivity index (χ0n) is 16.9. The van der Waals surface area contributed by atoms with Gasteiger partial charge in [0.05, 0.1) is 29.2 Å². The van der Waals surface area contributed by atoms with Crippen LogP contribution in [0.2, 0.25) is 0 Å². The van der Waals surface area contributed by atoms with Crippen molar-refractivity contribution in [1.29, 1.82) is 0 Å². The number of aromatic nitrogens is 3. The van der Waals surface area contributed by atoms with E-state index in [0.29, 0.717) is 6.54 Å².